The predicted octanol–water partition coefficient (Wildman–Crippen LogP) is 2.03. The Morgan fingerprint density at radius 3 is 2.85 bits per heavy atom. The highest BCUT2D eigenvalue weighted by Gasteiger charge is 2.34. The zero-order chi connectivity index (χ0) is 19.3. The van der Waals surface area contributed by atoms with Crippen LogP contribution >= 0.6 is 0 Å². The molecule has 142 valence electrons. The maximum absolute atomic E-state index is 10.6. The summed E-state index contributed by atoms with van der Waals surface area (Å²) in [6.07, 6.45) is 7.57. The first kappa shape index (κ1) is 18.8. The van der Waals surface area contributed by atoms with Crippen molar-refractivity contribution in [3.05, 3.63) is 54.0 Å². The van der Waals surface area contributed by atoms with E-state index in [1.54, 1.807) is 12.4 Å². The molecule has 0 bridgehead atoms. The predicted molar refractivity (Wildman–Crippen MR) is 107 cm³/mol. The van der Waals surface area contributed by atoms with E-state index in [1.165, 1.54) is 17.3 Å². The van der Waals surface area contributed by atoms with E-state index in [0.717, 1.165) is 32.0 Å². The van der Waals surface area contributed by atoms with E-state index >= 15 is 0 Å². The smallest absolute Gasteiger partial charge is 0.328 e. The first-order valence-corrected chi connectivity index (χ1v) is 8.94. The van der Waals surface area contributed by atoms with Gasteiger partial charge in [0.15, 0.2) is 0 Å². The lowest BCUT2D eigenvalue weighted by Gasteiger charge is -2.30. The number of carbonyl (C=O) groups is 1. The minimum absolute atomic E-state index is 0.127. The van der Waals surface area contributed by atoms with Gasteiger partial charge < -0.3 is 20.6 Å². The molecule has 2 aromatic rings. The van der Waals surface area contributed by atoms with Gasteiger partial charge in [0.1, 0.15) is 5.82 Å². The van der Waals surface area contributed by atoms with E-state index in [2.05, 4.69) is 49.8 Å². The van der Waals surface area contributed by atoms with Crippen molar-refractivity contribution in [2.24, 2.45) is 0 Å². The van der Waals surface area contributed by atoms with Gasteiger partial charge in [-0.1, -0.05) is 12.1 Å². The molecule has 0 amide bonds. The number of aromatic nitrogens is 2. The van der Waals surface area contributed by atoms with E-state index in [4.69, 9.17) is 5.11 Å². The summed E-state index contributed by atoms with van der Waals surface area (Å²) < 4.78 is 0. The maximum atomic E-state index is 10.6. The Labute approximate surface area is 159 Å². The first-order chi connectivity index (χ1) is 13.0. The molecule has 2 heterocycles. The molecule has 0 unspecified atom stereocenters. The number of rotatable bonds is 7. The Bertz CT molecular complexity index is 811. The third kappa shape index (κ3) is 5.04. The summed E-state index contributed by atoms with van der Waals surface area (Å²) in [6, 6.07) is 8.56. The Kier molecular flexibility index (Phi) is 5.71. The molecule has 1 saturated heterocycles. The SMILES string of the molecule is CN(C)c1cccc(C[C@@]2(Nc3cnc(/C=C/C(=O)O)cn3)CCNC2)c1. The molecule has 27 heavy (non-hydrogen) atoms. The Hall–Kier alpha value is -2.93. The molecule has 7 heteroatoms. The van der Waals surface area contributed by atoms with Crippen LogP contribution in [0.15, 0.2) is 42.7 Å². The number of aliphatic carboxylic acids is 1. The van der Waals surface area contributed by atoms with Crippen LogP contribution in [0.25, 0.3) is 6.08 Å². The minimum Gasteiger partial charge on any atom is -0.478 e. The summed E-state index contributed by atoms with van der Waals surface area (Å²) in [5.74, 6) is -0.315. The van der Waals surface area contributed by atoms with Crippen LogP contribution < -0.4 is 15.5 Å². The average Bonchev–Trinajstić information content (AvgIpc) is 3.09. The van der Waals surface area contributed by atoms with Gasteiger partial charge in [-0.3, -0.25) is 4.98 Å². The Morgan fingerprint density at radius 1 is 1.37 bits per heavy atom. The average molecular weight is 367 g/mol. The molecule has 1 aliphatic heterocycles. The van der Waals surface area contributed by atoms with Crippen molar-refractivity contribution >= 4 is 23.6 Å². The van der Waals surface area contributed by atoms with E-state index < -0.39 is 5.97 Å². The summed E-state index contributed by atoms with van der Waals surface area (Å²) in [5, 5.41) is 15.7. The molecule has 0 aliphatic carbocycles. The summed E-state index contributed by atoms with van der Waals surface area (Å²) >= 11 is 0. The third-order valence-electron chi connectivity index (χ3n) is 4.67. The van der Waals surface area contributed by atoms with Gasteiger partial charge >= 0.3 is 5.97 Å². The van der Waals surface area contributed by atoms with Crippen LogP contribution in [0.5, 0.6) is 0 Å². The van der Waals surface area contributed by atoms with Crippen LogP contribution in [-0.4, -0.2) is 53.8 Å². The van der Waals surface area contributed by atoms with Gasteiger partial charge in [0.05, 0.1) is 23.6 Å². The van der Waals surface area contributed by atoms with Crippen molar-refractivity contribution < 1.29 is 9.90 Å². The van der Waals surface area contributed by atoms with E-state index in [1.807, 2.05) is 14.1 Å². The minimum atomic E-state index is -1.00. The molecule has 3 rings (SSSR count). The lowest BCUT2D eigenvalue weighted by molar-refractivity contribution is -0.131. The quantitative estimate of drug-likeness (QED) is 0.645. The molecule has 1 aromatic heterocycles. The maximum Gasteiger partial charge on any atom is 0.328 e. The van der Waals surface area contributed by atoms with Crippen molar-refractivity contribution in [3.63, 3.8) is 0 Å². The zero-order valence-corrected chi connectivity index (χ0v) is 15.6. The van der Waals surface area contributed by atoms with Gasteiger partial charge in [0.2, 0.25) is 0 Å². The standard InChI is InChI=1S/C20H25N5O2/c1-25(2)17-5-3-4-15(10-17)11-20(8-9-21-14-20)24-18-13-22-16(12-23-18)6-7-19(26)27/h3-7,10,12-13,21H,8-9,11,14H2,1-2H3,(H,23,24)(H,26,27)/b7-6+/t20-/m0/s1. The normalized spacial score (nSPS) is 19.3. The number of carboxylic acid groups (broad SMARTS) is 1. The highest BCUT2D eigenvalue weighted by Crippen LogP contribution is 2.26. The van der Waals surface area contributed by atoms with Crippen LogP contribution in [-0.2, 0) is 11.2 Å². The largest absolute Gasteiger partial charge is 0.478 e. The number of carboxylic acids is 1. The van der Waals surface area contributed by atoms with E-state index in [0.29, 0.717) is 11.5 Å². The number of benzene rings is 1. The Balaban J connectivity index is 1.75. The fraction of sp³-hybridized carbons (Fsp3) is 0.350. The number of nitrogens with zero attached hydrogens (tertiary/aromatic N) is 3. The summed E-state index contributed by atoms with van der Waals surface area (Å²) in [4.78, 5) is 21.4. The van der Waals surface area contributed by atoms with Crippen LogP contribution in [0.4, 0.5) is 11.5 Å². The highest BCUT2D eigenvalue weighted by atomic mass is 16.4. The summed E-state index contributed by atoms with van der Waals surface area (Å²) in [7, 11) is 4.08. The van der Waals surface area contributed by atoms with Crippen molar-refractivity contribution in [2.45, 2.75) is 18.4 Å². The van der Waals surface area contributed by atoms with Gasteiger partial charge in [0.25, 0.3) is 0 Å². The third-order valence-corrected chi connectivity index (χ3v) is 4.67. The van der Waals surface area contributed by atoms with Crippen LogP contribution in [0.1, 0.15) is 17.7 Å². The molecule has 0 radical (unpaired) electrons. The molecule has 1 fully saturated rings. The van der Waals surface area contributed by atoms with Crippen molar-refractivity contribution in [3.8, 4) is 0 Å². The van der Waals surface area contributed by atoms with Gasteiger partial charge in [0, 0.05) is 32.4 Å². The molecule has 3 N–H and O–H groups in total. The van der Waals surface area contributed by atoms with Crippen LogP contribution in [0, 0.1) is 0 Å². The molecule has 7 nitrogen and oxygen atoms in total. The molecular weight excluding hydrogens is 342 g/mol. The molecule has 1 atom stereocenters. The second-order valence-corrected chi connectivity index (χ2v) is 7.07. The molecule has 0 saturated carbocycles. The Morgan fingerprint density at radius 2 is 2.22 bits per heavy atom. The summed E-state index contributed by atoms with van der Waals surface area (Å²) in [6.45, 7) is 1.80. The molecular formula is C20H25N5O2. The van der Waals surface area contributed by atoms with Crippen LogP contribution in [0.2, 0.25) is 0 Å². The van der Waals surface area contributed by atoms with Gasteiger partial charge in [-0.05, 0) is 43.2 Å². The summed E-state index contributed by atoms with van der Waals surface area (Å²) in [5.41, 5.74) is 2.84. The fourth-order valence-corrected chi connectivity index (χ4v) is 3.30. The van der Waals surface area contributed by atoms with Gasteiger partial charge in [-0.15, -0.1) is 0 Å². The van der Waals surface area contributed by atoms with E-state index in [9.17, 15) is 4.79 Å². The second-order valence-electron chi connectivity index (χ2n) is 7.07. The lowest BCUT2D eigenvalue weighted by atomic mass is 9.89. The second kappa shape index (κ2) is 8.18. The number of hydrogen-bond donors (Lipinski definition) is 3. The fourth-order valence-electron chi connectivity index (χ4n) is 3.30. The number of anilines is 2. The first-order valence-electron chi connectivity index (χ1n) is 8.94. The van der Waals surface area contributed by atoms with E-state index in [-0.39, 0.29) is 5.54 Å². The lowest BCUT2D eigenvalue weighted by Crippen LogP contribution is -2.43. The number of nitrogens with one attached hydrogen (secondary N) is 2. The van der Waals surface area contributed by atoms with Gasteiger partial charge in [-0.25, -0.2) is 9.78 Å². The van der Waals surface area contributed by atoms with Crippen molar-refractivity contribution in [2.75, 3.05) is 37.4 Å². The number of hydrogen-bond acceptors (Lipinski definition) is 6. The molecule has 1 aromatic carbocycles. The highest BCUT2D eigenvalue weighted by molar-refractivity contribution is 5.84. The van der Waals surface area contributed by atoms with Crippen LogP contribution in [0.3, 0.4) is 0 Å². The zero-order valence-electron chi connectivity index (χ0n) is 15.6. The van der Waals surface area contributed by atoms with Crippen molar-refractivity contribution in [1.29, 1.82) is 0 Å². The van der Waals surface area contributed by atoms with Gasteiger partial charge in [-0.2, -0.15) is 0 Å². The topological polar surface area (TPSA) is 90.4 Å². The molecule has 0 spiro atoms. The monoisotopic (exact) mass is 367 g/mol. The van der Waals surface area contributed by atoms with Crippen molar-refractivity contribution in [1.82, 2.24) is 15.3 Å². The molecule has 1 aliphatic rings.